The number of carbonyl (C=O) groups excluding carboxylic acids is 2. The zero-order valence-electron chi connectivity index (χ0n) is 14.9. The van der Waals surface area contributed by atoms with Gasteiger partial charge < -0.3 is 34.6 Å². The van der Waals surface area contributed by atoms with Crippen LogP contribution in [0.4, 0.5) is 0 Å². The van der Waals surface area contributed by atoms with Crippen molar-refractivity contribution < 1.29 is 28.4 Å². The van der Waals surface area contributed by atoms with Crippen LogP contribution in [0.2, 0.25) is 0 Å². The Morgan fingerprint density at radius 3 is 2.73 bits per heavy atom. The Bertz CT molecular complexity index is 622. The van der Waals surface area contributed by atoms with Gasteiger partial charge in [-0.15, -0.1) is 5.92 Å². The van der Waals surface area contributed by atoms with Crippen molar-refractivity contribution in [1.29, 1.82) is 0 Å². The van der Waals surface area contributed by atoms with Crippen molar-refractivity contribution in [3.05, 3.63) is 47.8 Å². The smallest absolute Gasteiger partial charge is 0.417 e. The molecule has 4 atom stereocenters. The summed E-state index contributed by atoms with van der Waals surface area (Å²) in [5.74, 6) is -0.121. The summed E-state index contributed by atoms with van der Waals surface area (Å²) in [5, 5.41) is 4.08. The first-order valence-corrected chi connectivity index (χ1v) is 8.89. The van der Waals surface area contributed by atoms with Gasteiger partial charge in [0.05, 0.1) is 5.03 Å². The molecule has 0 spiro atoms. The van der Waals surface area contributed by atoms with E-state index in [1.807, 2.05) is 6.08 Å². The SMILES string of the molecule is O=[C-]C1=CC2C(Cl)=C(Cl)C=CC2N1.[CH2-]C[C@H]([CH2-])C(=O)N1CCC(N)C1.[Li+]. The molecule has 3 unspecified atom stereocenters. The summed E-state index contributed by atoms with van der Waals surface area (Å²) in [4.78, 5) is 23.6. The van der Waals surface area contributed by atoms with Crippen LogP contribution in [-0.2, 0) is 9.59 Å². The predicted octanol–water partition coefficient (Wildman–Crippen LogP) is -0.949. The van der Waals surface area contributed by atoms with E-state index < -0.39 is 0 Å². The minimum Gasteiger partial charge on any atom is -0.417 e. The molecule has 0 aromatic carbocycles. The summed E-state index contributed by atoms with van der Waals surface area (Å²) in [6.07, 6.45) is 8.64. The van der Waals surface area contributed by atoms with Crippen molar-refractivity contribution >= 4 is 35.4 Å². The summed E-state index contributed by atoms with van der Waals surface area (Å²) >= 11 is 11.8. The molecule has 8 heteroatoms. The number of amides is 1. The second-order valence-corrected chi connectivity index (χ2v) is 7.07. The predicted molar refractivity (Wildman–Crippen MR) is 100 cm³/mol. The molecule has 0 aromatic heterocycles. The molecule has 138 valence electrons. The number of allylic oxidation sites excluding steroid dienone is 3. The average molecular weight is 390 g/mol. The van der Waals surface area contributed by atoms with Crippen molar-refractivity contribution in [1.82, 2.24) is 10.2 Å². The van der Waals surface area contributed by atoms with Crippen LogP contribution < -0.4 is 29.9 Å². The zero-order valence-corrected chi connectivity index (χ0v) is 16.4. The monoisotopic (exact) mass is 389 g/mol. The van der Waals surface area contributed by atoms with Crippen LogP contribution in [0.3, 0.4) is 0 Å². The largest absolute Gasteiger partial charge is 1.00 e. The van der Waals surface area contributed by atoms with E-state index in [1.165, 1.54) is 0 Å². The average Bonchev–Trinajstić information content (AvgIpc) is 3.23. The molecule has 3 aliphatic rings. The van der Waals surface area contributed by atoms with Gasteiger partial charge in [-0.25, -0.2) is 0 Å². The zero-order chi connectivity index (χ0) is 18.6. The Kier molecular flexibility index (Phi) is 9.50. The van der Waals surface area contributed by atoms with E-state index in [-0.39, 0.29) is 48.7 Å². The third-order valence-corrected chi connectivity index (χ3v) is 5.25. The Labute approximate surface area is 177 Å². The van der Waals surface area contributed by atoms with Gasteiger partial charge in [-0.1, -0.05) is 35.0 Å². The topological polar surface area (TPSA) is 75.4 Å². The molecular formula is C18H22Cl2LiN3O2-2. The van der Waals surface area contributed by atoms with Crippen molar-refractivity contribution in [3.8, 4) is 0 Å². The van der Waals surface area contributed by atoms with E-state index >= 15 is 0 Å². The molecule has 3 N–H and O–H groups in total. The normalized spacial score (nSPS) is 27.5. The maximum atomic E-state index is 11.5. The van der Waals surface area contributed by atoms with Crippen molar-refractivity contribution in [2.24, 2.45) is 17.6 Å². The molecular weight excluding hydrogens is 368 g/mol. The summed E-state index contributed by atoms with van der Waals surface area (Å²) in [5.41, 5.74) is 6.12. The van der Waals surface area contributed by atoms with Crippen LogP contribution in [0.25, 0.3) is 0 Å². The van der Waals surface area contributed by atoms with Crippen LogP contribution in [0.1, 0.15) is 12.8 Å². The van der Waals surface area contributed by atoms with Gasteiger partial charge >= 0.3 is 18.9 Å². The van der Waals surface area contributed by atoms with Gasteiger partial charge in [0, 0.05) is 36.5 Å². The molecule has 1 amide bonds. The fourth-order valence-corrected chi connectivity index (χ4v) is 3.32. The Hall–Kier alpha value is -0.703. The summed E-state index contributed by atoms with van der Waals surface area (Å²) in [7, 11) is 0. The van der Waals surface area contributed by atoms with Crippen LogP contribution >= 0.6 is 23.2 Å². The molecule has 1 saturated heterocycles. The minimum atomic E-state index is -0.199. The number of hydrogen-bond donors (Lipinski definition) is 2. The molecule has 0 saturated carbocycles. The Morgan fingerprint density at radius 1 is 1.50 bits per heavy atom. The van der Waals surface area contributed by atoms with E-state index in [0.29, 0.717) is 28.7 Å². The number of nitrogens with one attached hydrogen (secondary N) is 1. The Balaban J connectivity index is 0.000000251. The molecule has 1 aliphatic carbocycles. The molecule has 2 heterocycles. The van der Waals surface area contributed by atoms with Crippen molar-refractivity contribution in [3.63, 3.8) is 0 Å². The first kappa shape index (κ1) is 23.3. The summed E-state index contributed by atoms with van der Waals surface area (Å²) < 4.78 is 0. The van der Waals surface area contributed by atoms with Gasteiger partial charge in [0.1, 0.15) is 0 Å². The van der Waals surface area contributed by atoms with E-state index in [4.69, 9.17) is 28.9 Å². The van der Waals surface area contributed by atoms with Crippen molar-refractivity contribution in [2.45, 2.75) is 24.9 Å². The number of nitrogens with two attached hydrogens (primary N) is 1. The second kappa shape index (κ2) is 10.6. The van der Waals surface area contributed by atoms with Gasteiger partial charge in [-0.2, -0.15) is 12.5 Å². The molecule has 1 fully saturated rings. The fourth-order valence-electron chi connectivity index (χ4n) is 2.86. The third kappa shape index (κ3) is 5.65. The van der Waals surface area contributed by atoms with Crippen LogP contribution in [-0.4, -0.2) is 42.3 Å². The molecule has 26 heavy (non-hydrogen) atoms. The minimum absolute atomic E-state index is 0. The number of nitrogens with zero attached hydrogens (tertiary/aromatic N) is 1. The first-order chi connectivity index (χ1) is 11.9. The van der Waals surface area contributed by atoms with Gasteiger partial charge in [-0.05, 0) is 18.4 Å². The molecule has 5 nitrogen and oxygen atoms in total. The van der Waals surface area contributed by atoms with Crippen LogP contribution in [0.5, 0.6) is 0 Å². The van der Waals surface area contributed by atoms with Gasteiger partial charge in [-0.3, -0.25) is 4.79 Å². The third-order valence-electron chi connectivity index (χ3n) is 4.37. The number of hydrogen-bond acceptors (Lipinski definition) is 4. The van der Waals surface area contributed by atoms with Gasteiger partial charge in [0.25, 0.3) is 0 Å². The molecule has 0 bridgehead atoms. The number of carbonyl (C=O) groups is 1. The molecule has 0 aromatic rings. The standard InChI is InChI=1S/C9H6Cl2NO.C9H16N2O.Li/c10-7-1-2-8-6(9(7)11)3-5(4-13)12-8;1-3-7(2)9(12)11-5-4-8(10)6-11;/h1-3,6,8,12H;7-8H,1-6,10H2;/q-1;-2;+1/t;7-,8?;/m.0./s1. The number of likely N-dealkylation sites (tertiary alicyclic amines) is 1. The quantitative estimate of drug-likeness (QED) is 0.482. The first-order valence-electron chi connectivity index (χ1n) is 8.14. The van der Waals surface area contributed by atoms with Crippen LogP contribution in [0, 0.1) is 25.7 Å². The summed E-state index contributed by atoms with van der Waals surface area (Å²) in [6, 6.07) is 0.206. The molecule has 3 rings (SSSR count). The van der Waals surface area contributed by atoms with E-state index in [1.54, 1.807) is 23.3 Å². The number of fused-ring (bicyclic) bond motifs is 1. The maximum absolute atomic E-state index is 11.5. The molecule has 0 radical (unpaired) electrons. The van der Waals surface area contributed by atoms with Gasteiger partial charge in [0.15, 0.2) is 5.91 Å². The summed E-state index contributed by atoms with van der Waals surface area (Å²) in [6.45, 7) is 8.86. The number of rotatable bonds is 3. The maximum Gasteiger partial charge on any atom is 1.00 e. The van der Waals surface area contributed by atoms with E-state index in [0.717, 1.165) is 13.0 Å². The molecule has 2 aliphatic heterocycles. The van der Waals surface area contributed by atoms with Gasteiger partial charge in [0.2, 0.25) is 0 Å². The fraction of sp³-hybridized carbons (Fsp3) is 0.444. The Morgan fingerprint density at radius 2 is 2.19 bits per heavy atom. The van der Waals surface area contributed by atoms with E-state index in [2.05, 4.69) is 19.2 Å². The van der Waals surface area contributed by atoms with Crippen LogP contribution in [0.15, 0.2) is 34.0 Å². The van der Waals surface area contributed by atoms with Crippen molar-refractivity contribution in [2.75, 3.05) is 13.1 Å². The van der Waals surface area contributed by atoms with E-state index in [9.17, 15) is 9.59 Å². The number of halogens is 2. The second-order valence-electron chi connectivity index (χ2n) is 6.25.